The molecule has 1 saturated heterocycles. The monoisotopic (exact) mass is 431 g/mol. The number of piperazine rings is 1. The lowest BCUT2D eigenvalue weighted by Crippen LogP contribution is -2.58. The molecule has 0 radical (unpaired) electrons. The Labute approximate surface area is 190 Å². The van der Waals surface area contributed by atoms with Crippen molar-refractivity contribution in [2.45, 2.75) is 52.4 Å². The number of pyridine rings is 1. The molecule has 1 amide bonds. The van der Waals surface area contributed by atoms with Crippen molar-refractivity contribution >= 4 is 11.7 Å². The molecule has 0 spiro atoms. The minimum Gasteiger partial charge on any atom is -0.353 e. The number of aryl methyl sites for hydroxylation is 1. The fourth-order valence-electron chi connectivity index (χ4n) is 7.36. The SMILES string of the molecule is Cc1nc(-c2ccccn2)nc(N2CCN(C(=O)C34CC5CC(CC(C5)C3)C4)CC2)c1C. The van der Waals surface area contributed by atoms with Crippen molar-refractivity contribution in [2.75, 3.05) is 31.1 Å². The van der Waals surface area contributed by atoms with Gasteiger partial charge in [0.15, 0.2) is 5.82 Å². The standard InChI is InChI=1S/C26H33N5O/c1-17-18(2)28-23(22-5-3-4-6-27-22)29-24(17)30-7-9-31(10-8-30)25(32)26-14-19-11-20(15-26)13-21(12-19)16-26/h3-6,19-21H,7-16H2,1-2H3. The summed E-state index contributed by atoms with van der Waals surface area (Å²) in [6.07, 6.45) is 9.37. The first-order chi connectivity index (χ1) is 15.5. The van der Waals surface area contributed by atoms with Gasteiger partial charge in [0.25, 0.3) is 0 Å². The number of rotatable bonds is 3. The van der Waals surface area contributed by atoms with Crippen LogP contribution in [0.3, 0.4) is 0 Å². The van der Waals surface area contributed by atoms with Gasteiger partial charge in [-0.1, -0.05) is 6.07 Å². The van der Waals surface area contributed by atoms with Crippen LogP contribution < -0.4 is 4.90 Å². The Kier molecular flexibility index (Phi) is 4.74. The summed E-state index contributed by atoms with van der Waals surface area (Å²) in [7, 11) is 0. The summed E-state index contributed by atoms with van der Waals surface area (Å²) < 4.78 is 0. The molecule has 0 unspecified atom stereocenters. The van der Waals surface area contributed by atoms with Crippen molar-refractivity contribution in [3.63, 3.8) is 0 Å². The van der Waals surface area contributed by atoms with Gasteiger partial charge in [-0.2, -0.15) is 0 Å². The van der Waals surface area contributed by atoms with Crippen LogP contribution in [0, 0.1) is 37.0 Å². The van der Waals surface area contributed by atoms with E-state index in [-0.39, 0.29) is 5.41 Å². The Hall–Kier alpha value is -2.50. The third kappa shape index (κ3) is 3.30. The number of carbonyl (C=O) groups excluding carboxylic acids is 1. The topological polar surface area (TPSA) is 62.2 Å². The molecule has 6 nitrogen and oxygen atoms in total. The van der Waals surface area contributed by atoms with Crippen LogP contribution in [0.5, 0.6) is 0 Å². The van der Waals surface area contributed by atoms with E-state index in [0.717, 1.165) is 86.0 Å². The highest BCUT2D eigenvalue weighted by molar-refractivity contribution is 5.83. The summed E-state index contributed by atoms with van der Waals surface area (Å²) in [4.78, 5) is 32.3. The van der Waals surface area contributed by atoms with Crippen molar-refractivity contribution in [3.05, 3.63) is 35.7 Å². The van der Waals surface area contributed by atoms with Gasteiger partial charge in [-0.05, 0) is 82.3 Å². The lowest BCUT2D eigenvalue weighted by molar-refractivity contribution is -0.158. The summed E-state index contributed by atoms with van der Waals surface area (Å²) in [6, 6.07) is 5.83. The molecule has 4 saturated carbocycles. The van der Waals surface area contributed by atoms with Crippen LogP contribution in [0.25, 0.3) is 11.5 Å². The van der Waals surface area contributed by atoms with Crippen molar-refractivity contribution in [2.24, 2.45) is 23.2 Å². The smallest absolute Gasteiger partial charge is 0.228 e. The fraction of sp³-hybridized carbons (Fsp3) is 0.615. The molecule has 2 aromatic heterocycles. The molecular formula is C26H33N5O. The van der Waals surface area contributed by atoms with Crippen LogP contribution in [0.2, 0.25) is 0 Å². The maximum atomic E-state index is 13.7. The third-order valence-corrected chi connectivity index (χ3v) is 8.62. The van der Waals surface area contributed by atoms with Crippen molar-refractivity contribution in [1.29, 1.82) is 0 Å². The number of hydrogen-bond donors (Lipinski definition) is 0. The molecule has 2 aromatic rings. The number of nitrogens with zero attached hydrogens (tertiary/aromatic N) is 5. The van der Waals surface area contributed by atoms with E-state index in [0.29, 0.717) is 11.7 Å². The van der Waals surface area contributed by atoms with Gasteiger partial charge in [0.2, 0.25) is 5.91 Å². The number of carbonyl (C=O) groups is 1. The average Bonchev–Trinajstić information content (AvgIpc) is 2.80. The van der Waals surface area contributed by atoms with Crippen LogP contribution in [0.1, 0.15) is 49.8 Å². The number of anilines is 1. The van der Waals surface area contributed by atoms with Gasteiger partial charge in [-0.3, -0.25) is 9.78 Å². The van der Waals surface area contributed by atoms with E-state index in [4.69, 9.17) is 4.98 Å². The van der Waals surface area contributed by atoms with Crippen molar-refractivity contribution in [3.8, 4) is 11.5 Å². The Morgan fingerprint density at radius 3 is 2.19 bits per heavy atom. The highest BCUT2D eigenvalue weighted by atomic mass is 16.2. The third-order valence-electron chi connectivity index (χ3n) is 8.62. The largest absolute Gasteiger partial charge is 0.353 e. The summed E-state index contributed by atoms with van der Waals surface area (Å²) in [6.45, 7) is 7.39. The van der Waals surface area contributed by atoms with Gasteiger partial charge < -0.3 is 9.80 Å². The first kappa shape index (κ1) is 20.1. The van der Waals surface area contributed by atoms with Gasteiger partial charge in [-0.15, -0.1) is 0 Å². The molecular weight excluding hydrogens is 398 g/mol. The van der Waals surface area contributed by atoms with Crippen LogP contribution >= 0.6 is 0 Å². The lowest BCUT2D eigenvalue weighted by atomic mass is 9.49. The van der Waals surface area contributed by atoms with E-state index in [9.17, 15) is 4.79 Å². The van der Waals surface area contributed by atoms with Crippen molar-refractivity contribution < 1.29 is 4.79 Å². The van der Waals surface area contributed by atoms with E-state index in [1.54, 1.807) is 6.20 Å². The molecule has 0 aromatic carbocycles. The molecule has 4 aliphatic carbocycles. The highest BCUT2D eigenvalue weighted by Gasteiger charge is 2.55. The quantitative estimate of drug-likeness (QED) is 0.735. The zero-order chi connectivity index (χ0) is 21.9. The van der Waals surface area contributed by atoms with E-state index < -0.39 is 0 Å². The van der Waals surface area contributed by atoms with Crippen LogP contribution in [0.4, 0.5) is 5.82 Å². The van der Waals surface area contributed by atoms with E-state index in [1.165, 1.54) is 19.3 Å². The minimum atomic E-state index is -0.0372. The van der Waals surface area contributed by atoms with Crippen LogP contribution in [-0.4, -0.2) is 51.9 Å². The first-order valence-corrected chi connectivity index (χ1v) is 12.3. The highest BCUT2D eigenvalue weighted by Crippen LogP contribution is 2.60. The molecule has 168 valence electrons. The second kappa shape index (κ2) is 7.53. The van der Waals surface area contributed by atoms with Gasteiger partial charge in [0.05, 0.1) is 5.41 Å². The molecule has 3 heterocycles. The molecule has 0 N–H and O–H groups in total. The molecule has 0 atom stereocenters. The summed E-state index contributed by atoms with van der Waals surface area (Å²) >= 11 is 0. The molecule has 1 aliphatic heterocycles. The van der Waals surface area contributed by atoms with Gasteiger partial charge >= 0.3 is 0 Å². The number of amides is 1. The van der Waals surface area contributed by atoms with Gasteiger partial charge in [0.1, 0.15) is 11.5 Å². The zero-order valence-corrected chi connectivity index (χ0v) is 19.3. The summed E-state index contributed by atoms with van der Waals surface area (Å²) in [5.74, 6) is 4.55. The predicted molar refractivity (Wildman–Crippen MR) is 124 cm³/mol. The summed E-state index contributed by atoms with van der Waals surface area (Å²) in [5, 5.41) is 0. The maximum absolute atomic E-state index is 13.7. The predicted octanol–water partition coefficient (Wildman–Crippen LogP) is 4.02. The Morgan fingerprint density at radius 2 is 1.59 bits per heavy atom. The normalized spacial score (nSPS) is 31.2. The lowest BCUT2D eigenvalue weighted by Gasteiger charge is -2.57. The first-order valence-electron chi connectivity index (χ1n) is 12.3. The van der Waals surface area contributed by atoms with Crippen LogP contribution in [0.15, 0.2) is 24.4 Å². The number of hydrogen-bond acceptors (Lipinski definition) is 5. The Morgan fingerprint density at radius 1 is 0.938 bits per heavy atom. The Bertz CT molecular complexity index is 993. The molecule has 5 aliphatic rings. The number of aromatic nitrogens is 3. The molecule has 7 rings (SSSR count). The van der Waals surface area contributed by atoms with E-state index in [1.807, 2.05) is 25.1 Å². The van der Waals surface area contributed by atoms with E-state index >= 15 is 0 Å². The van der Waals surface area contributed by atoms with Crippen LogP contribution in [-0.2, 0) is 4.79 Å². The average molecular weight is 432 g/mol. The minimum absolute atomic E-state index is 0.0372. The fourth-order valence-corrected chi connectivity index (χ4v) is 7.36. The van der Waals surface area contributed by atoms with E-state index in [2.05, 4.69) is 26.7 Å². The second-order valence-corrected chi connectivity index (χ2v) is 10.8. The molecule has 32 heavy (non-hydrogen) atoms. The van der Waals surface area contributed by atoms with Gasteiger partial charge in [0, 0.05) is 43.6 Å². The zero-order valence-electron chi connectivity index (χ0n) is 19.3. The maximum Gasteiger partial charge on any atom is 0.228 e. The van der Waals surface area contributed by atoms with Crippen molar-refractivity contribution in [1.82, 2.24) is 19.9 Å². The Balaban J connectivity index is 1.19. The molecule has 6 heteroatoms. The molecule has 5 fully saturated rings. The second-order valence-electron chi connectivity index (χ2n) is 10.8. The molecule has 4 bridgehead atoms. The van der Waals surface area contributed by atoms with Gasteiger partial charge in [-0.25, -0.2) is 9.97 Å². The summed E-state index contributed by atoms with van der Waals surface area (Å²) in [5.41, 5.74) is 2.87.